The number of hydrogen-bond acceptors (Lipinski definition) is 3. The van der Waals surface area contributed by atoms with E-state index < -0.39 is 6.29 Å². The molecule has 2 unspecified atom stereocenters. The van der Waals surface area contributed by atoms with Crippen LogP contribution in [0.1, 0.15) is 83.8 Å². The number of ether oxygens (including phenoxy) is 2. The highest BCUT2D eigenvalue weighted by atomic mass is 16.7. The summed E-state index contributed by atoms with van der Waals surface area (Å²) in [7, 11) is 0. The zero-order chi connectivity index (χ0) is 19.2. The zero-order valence-corrected chi connectivity index (χ0v) is 17.3. The third-order valence-corrected chi connectivity index (χ3v) is 4.65. The number of carbonyl (C=O) groups is 1. The molecule has 0 aliphatic heterocycles. The van der Waals surface area contributed by atoms with E-state index in [1.807, 2.05) is 12.1 Å². The van der Waals surface area contributed by atoms with E-state index in [1.165, 1.54) is 31.2 Å². The third-order valence-electron chi connectivity index (χ3n) is 4.65. The van der Waals surface area contributed by atoms with E-state index in [-0.39, 0.29) is 5.97 Å². The smallest absolute Gasteiger partial charge is 0.312 e. The van der Waals surface area contributed by atoms with Gasteiger partial charge in [0, 0.05) is 0 Å². The summed E-state index contributed by atoms with van der Waals surface area (Å²) in [6.07, 6.45) is 9.46. The lowest BCUT2D eigenvalue weighted by Gasteiger charge is -2.14. The molecule has 1 aromatic carbocycles. The van der Waals surface area contributed by atoms with Gasteiger partial charge in [-0.3, -0.25) is 4.79 Å². The summed E-state index contributed by atoms with van der Waals surface area (Å²) in [6.45, 7) is 9.15. The van der Waals surface area contributed by atoms with E-state index in [9.17, 15) is 4.79 Å². The summed E-state index contributed by atoms with van der Waals surface area (Å²) in [5, 5.41) is 0. The molecular formula is C23H38O3. The zero-order valence-electron chi connectivity index (χ0n) is 17.3. The summed E-state index contributed by atoms with van der Waals surface area (Å²) in [5.74, 6) is 0.483. The van der Waals surface area contributed by atoms with Crippen molar-refractivity contribution in [3.63, 3.8) is 0 Å². The van der Waals surface area contributed by atoms with Gasteiger partial charge in [0.25, 0.3) is 0 Å². The van der Waals surface area contributed by atoms with Gasteiger partial charge < -0.3 is 9.47 Å². The average Bonchev–Trinajstić information content (AvgIpc) is 2.60. The predicted molar refractivity (Wildman–Crippen MR) is 108 cm³/mol. The number of carbonyl (C=O) groups excluding carboxylic acids is 1. The maximum atomic E-state index is 12.0. The lowest BCUT2D eigenvalue weighted by molar-refractivity contribution is -0.174. The van der Waals surface area contributed by atoms with Crippen LogP contribution in [0.2, 0.25) is 0 Å². The average molecular weight is 363 g/mol. The highest BCUT2D eigenvalue weighted by Crippen LogP contribution is 2.16. The molecule has 2 atom stereocenters. The first kappa shape index (κ1) is 22.7. The van der Waals surface area contributed by atoms with Crippen molar-refractivity contribution in [3.8, 4) is 0 Å². The fraction of sp³-hybridized carbons (Fsp3) is 0.696. The molecule has 1 rings (SSSR count). The standard InChI is InChI=1S/C23H38O3/c1-5-7-9-11-19(3)17-21-12-14-22(15-13-21)18-23(24)26-20(4)25-16-10-8-6-2/h12-15,19-20H,5-11,16-18H2,1-4H3. The second-order valence-electron chi connectivity index (χ2n) is 7.43. The highest BCUT2D eigenvalue weighted by Gasteiger charge is 2.11. The minimum absolute atomic E-state index is 0.228. The fourth-order valence-electron chi connectivity index (χ4n) is 3.07. The van der Waals surface area contributed by atoms with E-state index in [1.54, 1.807) is 6.92 Å². The van der Waals surface area contributed by atoms with Gasteiger partial charge in [0.05, 0.1) is 13.0 Å². The molecule has 0 heterocycles. The molecule has 0 aromatic heterocycles. The van der Waals surface area contributed by atoms with Gasteiger partial charge in [-0.15, -0.1) is 0 Å². The summed E-state index contributed by atoms with van der Waals surface area (Å²) < 4.78 is 10.8. The number of esters is 1. The van der Waals surface area contributed by atoms with Crippen LogP contribution in [0.25, 0.3) is 0 Å². The van der Waals surface area contributed by atoms with Gasteiger partial charge in [0.1, 0.15) is 0 Å². The van der Waals surface area contributed by atoms with Crippen LogP contribution in [0.15, 0.2) is 24.3 Å². The molecule has 0 amide bonds. The van der Waals surface area contributed by atoms with Crippen LogP contribution in [0.3, 0.4) is 0 Å². The van der Waals surface area contributed by atoms with Gasteiger partial charge >= 0.3 is 5.97 Å². The van der Waals surface area contributed by atoms with Gasteiger partial charge in [-0.1, -0.05) is 83.6 Å². The van der Waals surface area contributed by atoms with Crippen molar-refractivity contribution < 1.29 is 14.3 Å². The van der Waals surface area contributed by atoms with E-state index in [2.05, 4.69) is 32.9 Å². The Morgan fingerprint density at radius 2 is 1.54 bits per heavy atom. The Balaban J connectivity index is 2.31. The Hall–Kier alpha value is -1.35. The minimum Gasteiger partial charge on any atom is -0.436 e. The second-order valence-corrected chi connectivity index (χ2v) is 7.43. The maximum Gasteiger partial charge on any atom is 0.312 e. The van der Waals surface area contributed by atoms with Crippen LogP contribution in [-0.4, -0.2) is 18.9 Å². The van der Waals surface area contributed by atoms with Crippen LogP contribution in [0, 0.1) is 5.92 Å². The van der Waals surface area contributed by atoms with Crippen molar-refractivity contribution >= 4 is 5.97 Å². The van der Waals surface area contributed by atoms with Gasteiger partial charge in [0.2, 0.25) is 0 Å². The topological polar surface area (TPSA) is 35.5 Å². The molecule has 0 radical (unpaired) electrons. The van der Waals surface area contributed by atoms with E-state index in [0.717, 1.165) is 31.2 Å². The van der Waals surface area contributed by atoms with Crippen molar-refractivity contribution in [1.29, 1.82) is 0 Å². The maximum absolute atomic E-state index is 12.0. The Morgan fingerprint density at radius 1 is 0.923 bits per heavy atom. The molecular weight excluding hydrogens is 324 g/mol. The molecule has 1 aromatic rings. The summed E-state index contributed by atoms with van der Waals surface area (Å²) in [5.41, 5.74) is 2.34. The van der Waals surface area contributed by atoms with Crippen molar-refractivity contribution in [3.05, 3.63) is 35.4 Å². The molecule has 0 saturated carbocycles. The first-order chi connectivity index (χ1) is 12.5. The van der Waals surface area contributed by atoms with Gasteiger partial charge in [-0.05, 0) is 36.8 Å². The first-order valence-corrected chi connectivity index (χ1v) is 10.4. The number of hydrogen-bond donors (Lipinski definition) is 0. The molecule has 3 heteroatoms. The molecule has 148 valence electrons. The summed E-state index contributed by atoms with van der Waals surface area (Å²) >= 11 is 0. The minimum atomic E-state index is -0.470. The Morgan fingerprint density at radius 3 is 2.19 bits per heavy atom. The first-order valence-electron chi connectivity index (χ1n) is 10.4. The van der Waals surface area contributed by atoms with Crippen LogP contribution in [0.4, 0.5) is 0 Å². The number of unbranched alkanes of at least 4 members (excludes halogenated alkanes) is 4. The van der Waals surface area contributed by atoms with E-state index in [0.29, 0.717) is 18.9 Å². The highest BCUT2D eigenvalue weighted by molar-refractivity contribution is 5.72. The largest absolute Gasteiger partial charge is 0.436 e. The van der Waals surface area contributed by atoms with Crippen LogP contribution < -0.4 is 0 Å². The molecule has 0 bridgehead atoms. The Labute approximate surface area is 160 Å². The monoisotopic (exact) mass is 362 g/mol. The Bertz CT molecular complexity index is 481. The van der Waals surface area contributed by atoms with Crippen molar-refractivity contribution in [1.82, 2.24) is 0 Å². The lowest BCUT2D eigenvalue weighted by atomic mass is 9.95. The van der Waals surface area contributed by atoms with Gasteiger partial charge in [-0.25, -0.2) is 0 Å². The Kier molecular flexibility index (Phi) is 12.0. The van der Waals surface area contributed by atoms with Crippen molar-refractivity contribution in [2.45, 2.75) is 91.8 Å². The van der Waals surface area contributed by atoms with Gasteiger partial charge in [0.15, 0.2) is 6.29 Å². The molecule has 0 saturated heterocycles. The van der Waals surface area contributed by atoms with Crippen LogP contribution >= 0.6 is 0 Å². The molecule has 3 nitrogen and oxygen atoms in total. The van der Waals surface area contributed by atoms with E-state index in [4.69, 9.17) is 9.47 Å². The number of rotatable bonds is 14. The summed E-state index contributed by atoms with van der Waals surface area (Å²) in [4.78, 5) is 12.0. The molecule has 0 N–H and O–H groups in total. The SMILES string of the molecule is CCCCCOC(C)OC(=O)Cc1ccc(CC(C)CCCCC)cc1. The molecule has 0 aliphatic rings. The van der Waals surface area contributed by atoms with Crippen LogP contribution in [-0.2, 0) is 27.1 Å². The quantitative estimate of drug-likeness (QED) is 0.228. The van der Waals surface area contributed by atoms with Crippen molar-refractivity contribution in [2.24, 2.45) is 5.92 Å². The molecule has 26 heavy (non-hydrogen) atoms. The number of benzene rings is 1. The second kappa shape index (κ2) is 13.8. The summed E-state index contributed by atoms with van der Waals surface area (Å²) in [6, 6.07) is 8.37. The third kappa shape index (κ3) is 10.6. The van der Waals surface area contributed by atoms with E-state index >= 15 is 0 Å². The van der Waals surface area contributed by atoms with Gasteiger partial charge in [-0.2, -0.15) is 0 Å². The molecule has 0 aliphatic carbocycles. The molecule has 0 fully saturated rings. The van der Waals surface area contributed by atoms with Crippen LogP contribution in [0.5, 0.6) is 0 Å². The lowest BCUT2D eigenvalue weighted by Crippen LogP contribution is -2.20. The van der Waals surface area contributed by atoms with Crippen molar-refractivity contribution in [2.75, 3.05) is 6.61 Å². The predicted octanol–water partition coefficient (Wildman–Crippen LogP) is 6.08. The normalized spacial score (nSPS) is 13.4. The molecule has 0 spiro atoms. The fourth-order valence-corrected chi connectivity index (χ4v) is 3.07.